The van der Waals surface area contributed by atoms with Crippen molar-refractivity contribution in [2.45, 2.75) is 26.8 Å². The second kappa shape index (κ2) is 3.87. The van der Waals surface area contributed by atoms with Crippen LogP contribution in [0.5, 0.6) is 0 Å². The lowest BCUT2D eigenvalue weighted by Gasteiger charge is -2.24. The standard InChI is InChI=1S/C10H19NO3/c1-7(9(13)14)11-4-8(5-12)10(2,3)6-11/h7-8,12H,4-6H2,1-3H3,(H,13,14)/t7-,8+/m0/s1. The average molecular weight is 201 g/mol. The Bertz CT molecular complexity index is 227. The third-order valence-electron chi connectivity index (χ3n) is 3.30. The molecule has 14 heavy (non-hydrogen) atoms. The van der Waals surface area contributed by atoms with Gasteiger partial charge in [0, 0.05) is 25.6 Å². The van der Waals surface area contributed by atoms with Crippen molar-refractivity contribution in [3.05, 3.63) is 0 Å². The van der Waals surface area contributed by atoms with Crippen LogP contribution in [-0.4, -0.2) is 46.8 Å². The van der Waals surface area contributed by atoms with Gasteiger partial charge in [-0.15, -0.1) is 0 Å². The Kier molecular flexibility index (Phi) is 3.17. The zero-order valence-corrected chi connectivity index (χ0v) is 9.03. The minimum Gasteiger partial charge on any atom is -0.480 e. The van der Waals surface area contributed by atoms with E-state index in [0.717, 1.165) is 6.54 Å². The molecule has 0 bridgehead atoms. The maximum atomic E-state index is 10.8. The molecular formula is C10H19NO3. The molecule has 1 aliphatic rings. The lowest BCUT2D eigenvalue weighted by molar-refractivity contribution is -0.142. The van der Waals surface area contributed by atoms with Gasteiger partial charge in [0.2, 0.25) is 0 Å². The van der Waals surface area contributed by atoms with Crippen LogP contribution in [0.3, 0.4) is 0 Å². The molecule has 1 saturated heterocycles. The highest BCUT2D eigenvalue weighted by atomic mass is 16.4. The van der Waals surface area contributed by atoms with E-state index in [4.69, 9.17) is 10.2 Å². The first-order valence-corrected chi connectivity index (χ1v) is 4.96. The molecule has 1 rings (SSSR count). The molecule has 0 aromatic heterocycles. The van der Waals surface area contributed by atoms with Crippen molar-refractivity contribution >= 4 is 5.97 Å². The van der Waals surface area contributed by atoms with Crippen LogP contribution in [0.4, 0.5) is 0 Å². The smallest absolute Gasteiger partial charge is 0.320 e. The molecule has 0 radical (unpaired) electrons. The third-order valence-corrected chi connectivity index (χ3v) is 3.30. The fourth-order valence-electron chi connectivity index (χ4n) is 2.00. The van der Waals surface area contributed by atoms with Gasteiger partial charge in [-0.2, -0.15) is 0 Å². The molecule has 0 amide bonds. The zero-order valence-electron chi connectivity index (χ0n) is 9.03. The van der Waals surface area contributed by atoms with Crippen LogP contribution in [0.15, 0.2) is 0 Å². The van der Waals surface area contributed by atoms with Gasteiger partial charge in [0.25, 0.3) is 0 Å². The Morgan fingerprint density at radius 1 is 1.64 bits per heavy atom. The van der Waals surface area contributed by atoms with Gasteiger partial charge in [-0.05, 0) is 12.3 Å². The van der Waals surface area contributed by atoms with Gasteiger partial charge in [-0.1, -0.05) is 13.8 Å². The van der Waals surface area contributed by atoms with Crippen LogP contribution in [0.1, 0.15) is 20.8 Å². The fourth-order valence-corrected chi connectivity index (χ4v) is 2.00. The van der Waals surface area contributed by atoms with Gasteiger partial charge < -0.3 is 10.2 Å². The van der Waals surface area contributed by atoms with Gasteiger partial charge >= 0.3 is 5.97 Å². The Morgan fingerprint density at radius 3 is 2.57 bits per heavy atom. The highest BCUT2D eigenvalue weighted by Gasteiger charge is 2.41. The SMILES string of the molecule is C[C@@H](C(=O)O)N1C[C@H](CO)C(C)(C)C1. The summed E-state index contributed by atoms with van der Waals surface area (Å²) >= 11 is 0. The highest BCUT2D eigenvalue weighted by molar-refractivity contribution is 5.72. The number of nitrogens with zero attached hydrogens (tertiary/aromatic N) is 1. The minimum atomic E-state index is -0.792. The van der Waals surface area contributed by atoms with E-state index < -0.39 is 12.0 Å². The molecule has 1 fully saturated rings. The Labute approximate surface area is 84.5 Å². The quantitative estimate of drug-likeness (QED) is 0.694. The van der Waals surface area contributed by atoms with Gasteiger partial charge in [0.05, 0.1) is 0 Å². The molecule has 82 valence electrons. The van der Waals surface area contributed by atoms with Crippen molar-refractivity contribution in [1.82, 2.24) is 4.90 Å². The summed E-state index contributed by atoms with van der Waals surface area (Å²) in [6.07, 6.45) is 0. The van der Waals surface area contributed by atoms with Crippen LogP contribution in [0, 0.1) is 11.3 Å². The normalized spacial score (nSPS) is 29.0. The van der Waals surface area contributed by atoms with E-state index in [1.165, 1.54) is 0 Å². The summed E-state index contributed by atoms with van der Waals surface area (Å²) in [6, 6.07) is -0.453. The average Bonchev–Trinajstić information content (AvgIpc) is 2.39. The number of carboxylic acid groups (broad SMARTS) is 1. The Hall–Kier alpha value is -0.610. The van der Waals surface area contributed by atoms with Crippen LogP contribution in [0.25, 0.3) is 0 Å². The van der Waals surface area contributed by atoms with Gasteiger partial charge in [-0.25, -0.2) is 0 Å². The summed E-state index contributed by atoms with van der Waals surface area (Å²) in [4.78, 5) is 12.7. The Morgan fingerprint density at radius 2 is 2.21 bits per heavy atom. The van der Waals surface area contributed by atoms with Crippen LogP contribution < -0.4 is 0 Å². The van der Waals surface area contributed by atoms with E-state index in [2.05, 4.69) is 13.8 Å². The Balaban J connectivity index is 2.67. The molecule has 1 aliphatic heterocycles. The molecule has 0 spiro atoms. The number of likely N-dealkylation sites (tertiary alicyclic amines) is 1. The van der Waals surface area contributed by atoms with Crippen molar-refractivity contribution in [2.24, 2.45) is 11.3 Å². The number of aliphatic hydroxyl groups is 1. The fraction of sp³-hybridized carbons (Fsp3) is 0.900. The summed E-state index contributed by atoms with van der Waals surface area (Å²) in [5, 5.41) is 18.0. The molecule has 0 aliphatic carbocycles. The number of rotatable bonds is 3. The third kappa shape index (κ3) is 2.07. The predicted octanol–water partition coefficient (Wildman–Crippen LogP) is 0.410. The van der Waals surface area contributed by atoms with Crippen molar-refractivity contribution in [2.75, 3.05) is 19.7 Å². The van der Waals surface area contributed by atoms with E-state index in [0.29, 0.717) is 6.54 Å². The molecule has 4 heteroatoms. The van der Waals surface area contributed by atoms with Crippen LogP contribution in [-0.2, 0) is 4.79 Å². The highest BCUT2D eigenvalue weighted by Crippen LogP contribution is 2.35. The maximum Gasteiger partial charge on any atom is 0.320 e. The first-order chi connectivity index (χ1) is 6.38. The summed E-state index contributed by atoms with van der Waals surface area (Å²) < 4.78 is 0. The summed E-state index contributed by atoms with van der Waals surface area (Å²) in [5.74, 6) is -0.608. The topological polar surface area (TPSA) is 60.8 Å². The van der Waals surface area contributed by atoms with E-state index in [9.17, 15) is 4.79 Å². The number of hydrogen-bond donors (Lipinski definition) is 2. The van der Waals surface area contributed by atoms with Crippen LogP contribution in [0.2, 0.25) is 0 Å². The van der Waals surface area contributed by atoms with Gasteiger partial charge in [0.15, 0.2) is 0 Å². The van der Waals surface area contributed by atoms with E-state index >= 15 is 0 Å². The lowest BCUT2D eigenvalue weighted by Crippen LogP contribution is -2.38. The number of aliphatic carboxylic acids is 1. The van der Waals surface area contributed by atoms with Crippen molar-refractivity contribution in [3.63, 3.8) is 0 Å². The summed E-state index contributed by atoms with van der Waals surface area (Å²) in [5.41, 5.74) is 0.0124. The summed E-state index contributed by atoms with van der Waals surface area (Å²) in [6.45, 7) is 7.39. The monoisotopic (exact) mass is 201 g/mol. The van der Waals surface area contributed by atoms with Crippen molar-refractivity contribution in [3.8, 4) is 0 Å². The number of aliphatic hydroxyl groups excluding tert-OH is 1. The molecule has 0 aromatic carbocycles. The van der Waals surface area contributed by atoms with Gasteiger partial charge in [0.1, 0.15) is 6.04 Å². The number of hydrogen-bond acceptors (Lipinski definition) is 3. The van der Waals surface area contributed by atoms with E-state index in [-0.39, 0.29) is 17.9 Å². The molecule has 2 N–H and O–H groups in total. The molecule has 0 saturated carbocycles. The molecule has 4 nitrogen and oxygen atoms in total. The summed E-state index contributed by atoms with van der Waals surface area (Å²) in [7, 11) is 0. The number of carboxylic acids is 1. The van der Waals surface area contributed by atoms with Crippen molar-refractivity contribution < 1.29 is 15.0 Å². The minimum absolute atomic E-state index is 0.0124. The van der Waals surface area contributed by atoms with E-state index in [1.54, 1.807) is 6.92 Å². The number of carbonyl (C=O) groups is 1. The van der Waals surface area contributed by atoms with Gasteiger partial charge in [-0.3, -0.25) is 9.69 Å². The largest absolute Gasteiger partial charge is 0.480 e. The van der Waals surface area contributed by atoms with Crippen molar-refractivity contribution in [1.29, 1.82) is 0 Å². The maximum absolute atomic E-state index is 10.8. The predicted molar refractivity (Wildman–Crippen MR) is 53.0 cm³/mol. The molecule has 2 atom stereocenters. The second-order valence-electron chi connectivity index (χ2n) is 4.81. The first kappa shape index (κ1) is 11.5. The second-order valence-corrected chi connectivity index (χ2v) is 4.81. The molecule has 0 aromatic rings. The lowest BCUT2D eigenvalue weighted by atomic mass is 9.83. The zero-order chi connectivity index (χ0) is 10.9. The molecule has 1 heterocycles. The molecular weight excluding hydrogens is 182 g/mol. The van der Waals surface area contributed by atoms with E-state index in [1.807, 2.05) is 4.90 Å². The first-order valence-electron chi connectivity index (χ1n) is 4.96. The van der Waals surface area contributed by atoms with Crippen LogP contribution >= 0.6 is 0 Å². The molecule has 0 unspecified atom stereocenters.